The second-order valence-corrected chi connectivity index (χ2v) is 9.48. The van der Waals surface area contributed by atoms with Crippen molar-refractivity contribution in [3.05, 3.63) is 70.3 Å². The number of aryl methyl sites for hydroxylation is 1. The third-order valence-electron chi connectivity index (χ3n) is 7.34. The van der Waals surface area contributed by atoms with Crippen LogP contribution in [0.4, 0.5) is 15.8 Å². The number of rotatable bonds is 6. The number of nitrogens with one attached hydrogen (secondary N) is 4. The molecule has 1 aromatic carbocycles. The van der Waals surface area contributed by atoms with Gasteiger partial charge in [0.25, 0.3) is 5.91 Å². The van der Waals surface area contributed by atoms with Crippen molar-refractivity contribution in [3.63, 3.8) is 0 Å². The van der Waals surface area contributed by atoms with Gasteiger partial charge in [-0.15, -0.1) is 0 Å². The Labute approximate surface area is 207 Å². The Kier molecular flexibility index (Phi) is 5.57. The van der Waals surface area contributed by atoms with Crippen LogP contribution in [0.2, 0.25) is 0 Å². The molecular weight excluding hydrogens is 461 g/mol. The summed E-state index contributed by atoms with van der Waals surface area (Å²) in [5, 5.41) is 8.54. The largest absolute Gasteiger partial charge is 0.359 e. The molecule has 0 radical (unpaired) electrons. The lowest BCUT2D eigenvalue weighted by Crippen LogP contribution is -2.45. The SMILES string of the molecule is Cc1[nH]c(C2C#CC23C(=O)Nc2ccc(C(=O)NC(C)C4C=CC(F)=CC4N)cc23)c(C)c1NC=O. The van der Waals surface area contributed by atoms with Crippen LogP contribution in [0.15, 0.2) is 42.3 Å². The molecule has 9 heteroatoms. The molecule has 2 aliphatic carbocycles. The molecule has 1 aliphatic heterocycles. The number of hydrogen-bond donors (Lipinski definition) is 5. The summed E-state index contributed by atoms with van der Waals surface area (Å²) in [4.78, 5) is 40.7. The van der Waals surface area contributed by atoms with Gasteiger partial charge < -0.3 is 26.7 Å². The number of halogens is 1. The van der Waals surface area contributed by atoms with Crippen molar-refractivity contribution in [1.82, 2.24) is 10.3 Å². The molecule has 3 amide bonds. The molecule has 2 aromatic rings. The maximum Gasteiger partial charge on any atom is 0.251 e. The zero-order valence-corrected chi connectivity index (χ0v) is 20.0. The molecule has 8 nitrogen and oxygen atoms in total. The Hall–Kier alpha value is -4.16. The van der Waals surface area contributed by atoms with Crippen molar-refractivity contribution in [2.75, 3.05) is 10.6 Å². The molecule has 0 fully saturated rings. The second-order valence-electron chi connectivity index (χ2n) is 9.48. The van der Waals surface area contributed by atoms with E-state index in [0.29, 0.717) is 28.9 Å². The van der Waals surface area contributed by atoms with E-state index in [2.05, 4.69) is 32.8 Å². The first-order valence-corrected chi connectivity index (χ1v) is 11.7. The van der Waals surface area contributed by atoms with Crippen LogP contribution in [-0.2, 0) is 15.0 Å². The number of benzene rings is 1. The van der Waals surface area contributed by atoms with E-state index in [4.69, 9.17) is 5.73 Å². The number of allylic oxidation sites excluding steroid dienone is 2. The number of H-pyrrole nitrogens is 1. The summed E-state index contributed by atoms with van der Waals surface area (Å²) < 4.78 is 13.5. The lowest BCUT2D eigenvalue weighted by molar-refractivity contribution is -0.119. The highest BCUT2D eigenvalue weighted by Crippen LogP contribution is 2.52. The van der Waals surface area contributed by atoms with E-state index in [1.165, 1.54) is 12.2 Å². The minimum atomic E-state index is -1.14. The Morgan fingerprint density at radius 1 is 1.33 bits per heavy atom. The van der Waals surface area contributed by atoms with Crippen molar-refractivity contribution in [2.24, 2.45) is 11.7 Å². The summed E-state index contributed by atoms with van der Waals surface area (Å²) in [7, 11) is 0. The van der Waals surface area contributed by atoms with Gasteiger partial charge in [0.05, 0.1) is 11.6 Å². The number of anilines is 2. The van der Waals surface area contributed by atoms with Crippen molar-refractivity contribution in [2.45, 2.75) is 44.2 Å². The summed E-state index contributed by atoms with van der Waals surface area (Å²) in [6.07, 6.45) is 4.96. The summed E-state index contributed by atoms with van der Waals surface area (Å²) in [6.45, 7) is 5.52. The fraction of sp³-hybridized carbons (Fsp3) is 0.296. The van der Waals surface area contributed by atoms with Gasteiger partial charge in [0.15, 0.2) is 5.41 Å². The van der Waals surface area contributed by atoms with Crippen molar-refractivity contribution in [3.8, 4) is 11.8 Å². The van der Waals surface area contributed by atoms with E-state index in [1.54, 1.807) is 24.3 Å². The second kappa shape index (κ2) is 8.50. The number of hydrogen-bond acceptors (Lipinski definition) is 4. The highest BCUT2D eigenvalue weighted by atomic mass is 19.1. The smallest absolute Gasteiger partial charge is 0.251 e. The van der Waals surface area contributed by atoms with Gasteiger partial charge in [-0.1, -0.05) is 17.9 Å². The van der Waals surface area contributed by atoms with Gasteiger partial charge in [-0.3, -0.25) is 14.4 Å². The maximum atomic E-state index is 13.5. The molecule has 1 aromatic heterocycles. The highest BCUT2D eigenvalue weighted by molar-refractivity contribution is 6.12. The summed E-state index contributed by atoms with van der Waals surface area (Å²) in [5.41, 5.74) is 9.50. The molecule has 5 atom stereocenters. The highest BCUT2D eigenvalue weighted by Gasteiger charge is 2.56. The monoisotopic (exact) mass is 487 g/mol. The summed E-state index contributed by atoms with van der Waals surface area (Å²) in [6, 6.07) is 4.15. The van der Waals surface area contributed by atoms with Crippen molar-refractivity contribution < 1.29 is 18.8 Å². The van der Waals surface area contributed by atoms with Gasteiger partial charge in [-0.05, 0) is 56.7 Å². The number of aromatic nitrogens is 1. The van der Waals surface area contributed by atoms with E-state index in [9.17, 15) is 18.8 Å². The third-order valence-corrected chi connectivity index (χ3v) is 7.34. The number of fused-ring (bicyclic) bond motifs is 2. The fourth-order valence-electron chi connectivity index (χ4n) is 5.36. The van der Waals surface area contributed by atoms with Crippen molar-refractivity contribution in [1.29, 1.82) is 0 Å². The molecule has 1 spiro atoms. The lowest BCUT2D eigenvalue weighted by Gasteiger charge is -2.34. The molecule has 184 valence electrons. The zero-order chi connectivity index (χ0) is 25.8. The van der Waals surface area contributed by atoms with E-state index in [-0.39, 0.29) is 23.8 Å². The van der Waals surface area contributed by atoms with E-state index >= 15 is 0 Å². The molecule has 0 bridgehead atoms. The fourth-order valence-corrected chi connectivity index (χ4v) is 5.36. The maximum absolute atomic E-state index is 13.5. The van der Waals surface area contributed by atoms with Gasteiger partial charge >= 0.3 is 0 Å². The normalized spacial score (nSPS) is 26.2. The van der Waals surface area contributed by atoms with E-state index in [0.717, 1.165) is 17.0 Å². The molecule has 6 N–H and O–H groups in total. The molecule has 5 rings (SSSR count). The predicted molar refractivity (Wildman–Crippen MR) is 134 cm³/mol. The molecule has 0 saturated heterocycles. The van der Waals surface area contributed by atoms with Crippen LogP contribution in [0.5, 0.6) is 0 Å². The van der Waals surface area contributed by atoms with Crippen molar-refractivity contribution >= 4 is 29.6 Å². The molecule has 5 unspecified atom stereocenters. The molecule has 2 heterocycles. The first-order chi connectivity index (χ1) is 17.2. The molecule has 3 aliphatic rings. The van der Waals surface area contributed by atoms with E-state index in [1.807, 2.05) is 20.8 Å². The number of aromatic amines is 1. The Bertz CT molecular complexity index is 1430. The zero-order valence-electron chi connectivity index (χ0n) is 20.0. The van der Waals surface area contributed by atoms with Gasteiger partial charge in [0.1, 0.15) is 5.83 Å². The minimum absolute atomic E-state index is 0.254. The van der Waals surface area contributed by atoms with Crippen LogP contribution in [0, 0.1) is 31.6 Å². The Morgan fingerprint density at radius 2 is 2.11 bits per heavy atom. The van der Waals surface area contributed by atoms with Gasteiger partial charge in [-0.2, -0.15) is 0 Å². The third kappa shape index (κ3) is 3.45. The average Bonchev–Trinajstić information content (AvgIpc) is 3.26. The van der Waals surface area contributed by atoms with Crippen LogP contribution in [0.3, 0.4) is 0 Å². The Morgan fingerprint density at radius 3 is 2.78 bits per heavy atom. The van der Waals surface area contributed by atoms with Gasteiger partial charge in [0.2, 0.25) is 12.3 Å². The standard InChI is InChI=1S/C27H26FN5O3/c1-13-23(30-12-34)15(3)31-24(13)19-8-9-27(19)20-10-16(4-7-22(20)33-26(27)36)25(35)32-14(2)18-6-5-17(28)11-21(18)29/h4-7,10-12,14,18-19,21,31H,29H2,1-3H3,(H,30,34)(H,32,35)(H,33,36). The molecule has 36 heavy (non-hydrogen) atoms. The quantitative estimate of drug-likeness (QED) is 0.317. The summed E-state index contributed by atoms with van der Waals surface area (Å²) >= 11 is 0. The van der Waals surface area contributed by atoms with Crippen LogP contribution >= 0.6 is 0 Å². The number of nitrogens with two attached hydrogens (primary N) is 1. The van der Waals surface area contributed by atoms with Crippen LogP contribution < -0.4 is 21.7 Å². The lowest BCUT2D eigenvalue weighted by atomic mass is 9.64. The Balaban J connectivity index is 1.44. The molecule has 0 saturated carbocycles. The van der Waals surface area contributed by atoms with Crippen LogP contribution in [0.25, 0.3) is 0 Å². The van der Waals surface area contributed by atoms with Crippen LogP contribution in [0.1, 0.15) is 45.7 Å². The van der Waals surface area contributed by atoms with Gasteiger partial charge in [0, 0.05) is 46.2 Å². The molecular formula is C27H26FN5O3. The topological polar surface area (TPSA) is 129 Å². The number of amides is 3. The first-order valence-electron chi connectivity index (χ1n) is 11.7. The number of carbonyl (C=O) groups is 3. The van der Waals surface area contributed by atoms with Gasteiger partial charge in [-0.25, -0.2) is 4.39 Å². The average molecular weight is 488 g/mol. The number of carbonyl (C=O) groups excluding carboxylic acids is 3. The van der Waals surface area contributed by atoms with E-state index < -0.39 is 23.2 Å². The van der Waals surface area contributed by atoms with Crippen LogP contribution in [-0.4, -0.2) is 35.3 Å². The minimum Gasteiger partial charge on any atom is -0.359 e. The first kappa shape index (κ1) is 23.6. The summed E-state index contributed by atoms with van der Waals surface area (Å²) in [5.74, 6) is 4.46. The predicted octanol–water partition coefficient (Wildman–Crippen LogP) is 2.68.